The third-order valence-electron chi connectivity index (χ3n) is 3.47. The minimum Gasteiger partial charge on any atom is -0.508 e. The molecule has 0 unspecified atom stereocenters. The molecule has 0 atom stereocenters. The Hall–Kier alpha value is -2.95. The van der Waals surface area contributed by atoms with Gasteiger partial charge >= 0.3 is 0 Å². The highest BCUT2D eigenvalue weighted by Gasteiger charge is 2.10. The Balaban J connectivity index is 2.01. The van der Waals surface area contributed by atoms with Gasteiger partial charge in [-0.05, 0) is 29.8 Å². The molecule has 112 valence electrons. The molecule has 1 aromatic heterocycles. The number of methoxy groups -OCH3 is 1. The van der Waals surface area contributed by atoms with Crippen molar-refractivity contribution in [3.05, 3.63) is 64.0 Å². The molecular weight excluding hydrogens is 284 g/mol. The van der Waals surface area contributed by atoms with Gasteiger partial charge in [0.15, 0.2) is 16.9 Å². The van der Waals surface area contributed by atoms with Crippen LogP contribution in [0.2, 0.25) is 0 Å². The average Bonchev–Trinajstić information content (AvgIpc) is 2.50. The molecule has 3 rings (SSSR count). The monoisotopic (exact) mass is 298 g/mol. The van der Waals surface area contributed by atoms with E-state index >= 15 is 0 Å². The predicted octanol–water partition coefficient (Wildman–Crippen LogP) is 2.80. The molecule has 0 aliphatic carbocycles. The number of phenols is 2. The van der Waals surface area contributed by atoms with Crippen molar-refractivity contribution < 1.29 is 19.4 Å². The molecule has 0 fully saturated rings. The van der Waals surface area contributed by atoms with Crippen LogP contribution in [0.3, 0.4) is 0 Å². The lowest BCUT2D eigenvalue weighted by molar-refractivity contribution is 0.373. The van der Waals surface area contributed by atoms with Crippen molar-refractivity contribution in [3.8, 4) is 17.2 Å². The number of hydrogen-bond donors (Lipinski definition) is 2. The Bertz CT molecular complexity index is 895. The first-order valence-corrected chi connectivity index (χ1v) is 6.68. The van der Waals surface area contributed by atoms with Crippen molar-refractivity contribution in [1.82, 2.24) is 0 Å². The van der Waals surface area contributed by atoms with Crippen LogP contribution in [0.1, 0.15) is 11.1 Å². The molecule has 0 aliphatic heterocycles. The van der Waals surface area contributed by atoms with Crippen molar-refractivity contribution >= 4 is 11.0 Å². The zero-order valence-electron chi connectivity index (χ0n) is 11.9. The van der Waals surface area contributed by atoms with Gasteiger partial charge in [-0.15, -0.1) is 0 Å². The van der Waals surface area contributed by atoms with E-state index in [2.05, 4.69) is 0 Å². The van der Waals surface area contributed by atoms with Crippen LogP contribution in [0, 0.1) is 0 Å². The quantitative estimate of drug-likeness (QED) is 0.777. The van der Waals surface area contributed by atoms with Gasteiger partial charge in [0.05, 0.1) is 18.8 Å². The molecule has 0 radical (unpaired) electrons. The minimum absolute atomic E-state index is 0.0232. The van der Waals surface area contributed by atoms with Gasteiger partial charge in [0.25, 0.3) is 0 Å². The molecule has 2 aromatic carbocycles. The third kappa shape index (κ3) is 2.48. The number of aromatic hydroxyl groups is 2. The first-order chi connectivity index (χ1) is 10.6. The Morgan fingerprint density at radius 2 is 1.95 bits per heavy atom. The average molecular weight is 298 g/mol. The number of phenolic OH excluding ortho intramolecular Hbond substituents is 2. The lowest BCUT2D eigenvalue weighted by Crippen LogP contribution is -2.09. The number of benzene rings is 2. The summed E-state index contributed by atoms with van der Waals surface area (Å²) in [6.07, 6.45) is 1.71. The Morgan fingerprint density at radius 1 is 1.14 bits per heavy atom. The molecule has 0 spiro atoms. The second-order valence-electron chi connectivity index (χ2n) is 4.95. The van der Waals surface area contributed by atoms with E-state index in [1.54, 1.807) is 18.2 Å². The molecule has 0 saturated carbocycles. The normalized spacial score (nSPS) is 10.8. The van der Waals surface area contributed by atoms with Crippen LogP contribution in [0.25, 0.3) is 11.0 Å². The Kier molecular flexibility index (Phi) is 3.47. The van der Waals surface area contributed by atoms with E-state index in [0.29, 0.717) is 28.7 Å². The van der Waals surface area contributed by atoms with E-state index in [-0.39, 0.29) is 16.9 Å². The standard InChI is InChI=1S/C17H14O5/c1-21-15-5-2-10(7-14(15)19)6-11-9-22-16-8-12(18)3-4-13(16)17(11)20/h2-5,7-9,18-19H,6H2,1H3. The van der Waals surface area contributed by atoms with E-state index in [4.69, 9.17) is 9.15 Å². The Labute approximate surface area is 126 Å². The van der Waals surface area contributed by atoms with Crippen LogP contribution in [0.5, 0.6) is 17.2 Å². The molecule has 0 aliphatic rings. The topological polar surface area (TPSA) is 79.9 Å². The summed E-state index contributed by atoms with van der Waals surface area (Å²) < 4.78 is 10.4. The van der Waals surface area contributed by atoms with Gasteiger partial charge in [0, 0.05) is 18.1 Å². The van der Waals surface area contributed by atoms with Crippen molar-refractivity contribution in [1.29, 1.82) is 0 Å². The summed E-state index contributed by atoms with van der Waals surface area (Å²) in [5.41, 5.74) is 1.43. The first-order valence-electron chi connectivity index (χ1n) is 6.68. The lowest BCUT2D eigenvalue weighted by Gasteiger charge is -2.06. The highest BCUT2D eigenvalue weighted by Crippen LogP contribution is 2.27. The molecule has 2 N–H and O–H groups in total. The number of rotatable bonds is 3. The van der Waals surface area contributed by atoms with Crippen molar-refractivity contribution in [2.24, 2.45) is 0 Å². The lowest BCUT2D eigenvalue weighted by atomic mass is 10.0. The van der Waals surface area contributed by atoms with Crippen LogP contribution in [0.15, 0.2) is 51.9 Å². The van der Waals surface area contributed by atoms with Crippen molar-refractivity contribution in [3.63, 3.8) is 0 Å². The molecule has 3 aromatic rings. The molecular formula is C17H14O5. The summed E-state index contributed by atoms with van der Waals surface area (Å²) >= 11 is 0. The summed E-state index contributed by atoms with van der Waals surface area (Å²) in [6.45, 7) is 0. The number of hydrogen-bond acceptors (Lipinski definition) is 5. The second-order valence-corrected chi connectivity index (χ2v) is 4.95. The van der Waals surface area contributed by atoms with Gasteiger partial charge in [-0.2, -0.15) is 0 Å². The molecule has 22 heavy (non-hydrogen) atoms. The van der Waals surface area contributed by atoms with E-state index in [9.17, 15) is 15.0 Å². The molecule has 0 bridgehead atoms. The van der Waals surface area contributed by atoms with Gasteiger partial charge in [-0.3, -0.25) is 4.79 Å². The van der Waals surface area contributed by atoms with Crippen LogP contribution in [-0.2, 0) is 6.42 Å². The zero-order chi connectivity index (χ0) is 15.7. The SMILES string of the molecule is COc1ccc(Cc2coc3cc(O)ccc3c2=O)cc1O. The third-order valence-corrected chi connectivity index (χ3v) is 3.47. The van der Waals surface area contributed by atoms with Crippen LogP contribution < -0.4 is 10.2 Å². The number of ether oxygens (including phenoxy) is 1. The number of fused-ring (bicyclic) bond motifs is 1. The summed E-state index contributed by atoms with van der Waals surface area (Å²) in [5.74, 6) is 0.448. The van der Waals surface area contributed by atoms with Crippen molar-refractivity contribution in [2.45, 2.75) is 6.42 Å². The van der Waals surface area contributed by atoms with Crippen LogP contribution >= 0.6 is 0 Å². The fourth-order valence-electron chi connectivity index (χ4n) is 2.34. The molecule has 5 nitrogen and oxygen atoms in total. The highest BCUT2D eigenvalue weighted by molar-refractivity contribution is 5.78. The first kappa shape index (κ1) is 14.0. The van der Waals surface area contributed by atoms with E-state index < -0.39 is 0 Å². The maximum atomic E-state index is 12.4. The fraction of sp³-hybridized carbons (Fsp3) is 0.118. The molecule has 1 heterocycles. The van der Waals surface area contributed by atoms with Gasteiger partial charge in [-0.25, -0.2) is 0 Å². The van der Waals surface area contributed by atoms with Crippen molar-refractivity contribution in [2.75, 3.05) is 7.11 Å². The van der Waals surface area contributed by atoms with Gasteiger partial charge in [0.2, 0.25) is 0 Å². The van der Waals surface area contributed by atoms with Crippen LogP contribution in [-0.4, -0.2) is 17.3 Å². The Morgan fingerprint density at radius 3 is 2.68 bits per heavy atom. The minimum atomic E-state index is -0.156. The van der Waals surface area contributed by atoms with Crippen LogP contribution in [0.4, 0.5) is 0 Å². The predicted molar refractivity (Wildman–Crippen MR) is 81.6 cm³/mol. The maximum absolute atomic E-state index is 12.4. The zero-order valence-corrected chi connectivity index (χ0v) is 11.9. The van der Waals surface area contributed by atoms with E-state index in [0.717, 1.165) is 5.56 Å². The molecule has 0 saturated heterocycles. The van der Waals surface area contributed by atoms with E-state index in [1.165, 1.54) is 31.6 Å². The summed E-state index contributed by atoms with van der Waals surface area (Å²) in [6, 6.07) is 9.36. The smallest absolute Gasteiger partial charge is 0.196 e. The fourth-order valence-corrected chi connectivity index (χ4v) is 2.34. The van der Waals surface area contributed by atoms with E-state index in [1.807, 2.05) is 0 Å². The summed E-state index contributed by atoms with van der Waals surface area (Å²) in [7, 11) is 1.47. The summed E-state index contributed by atoms with van der Waals surface area (Å²) in [5, 5.41) is 19.6. The highest BCUT2D eigenvalue weighted by atomic mass is 16.5. The van der Waals surface area contributed by atoms with Gasteiger partial charge < -0.3 is 19.4 Å². The van der Waals surface area contributed by atoms with Gasteiger partial charge in [-0.1, -0.05) is 6.07 Å². The van der Waals surface area contributed by atoms with Gasteiger partial charge in [0.1, 0.15) is 11.3 Å². The second kappa shape index (κ2) is 5.44. The molecule has 0 amide bonds. The summed E-state index contributed by atoms with van der Waals surface area (Å²) in [4.78, 5) is 12.4. The molecule has 5 heteroatoms. The largest absolute Gasteiger partial charge is 0.508 e. The maximum Gasteiger partial charge on any atom is 0.196 e.